The van der Waals surface area contributed by atoms with E-state index in [1.165, 1.54) is 12.3 Å². The van der Waals surface area contributed by atoms with Crippen LogP contribution in [0.5, 0.6) is 0 Å². The van der Waals surface area contributed by atoms with Crippen molar-refractivity contribution in [2.24, 2.45) is 0 Å². The van der Waals surface area contributed by atoms with Crippen molar-refractivity contribution in [1.82, 2.24) is 0 Å². The van der Waals surface area contributed by atoms with Crippen LogP contribution in [-0.2, 0) is 9.84 Å². The van der Waals surface area contributed by atoms with Gasteiger partial charge in [0.15, 0.2) is 0 Å². The highest BCUT2D eigenvalue weighted by molar-refractivity contribution is 7.94. The molecule has 76 valence electrons. The molecule has 14 heavy (non-hydrogen) atoms. The van der Waals surface area contributed by atoms with Gasteiger partial charge >= 0.3 is 5.03 Å². The lowest BCUT2D eigenvalue weighted by molar-refractivity contribution is -0.923. The molecule has 1 aromatic heterocycles. The number of sulfone groups is 1. The van der Waals surface area contributed by atoms with Crippen molar-refractivity contribution in [3.8, 4) is 0 Å². The minimum Gasteiger partial charge on any atom is -0.870 e. The van der Waals surface area contributed by atoms with Crippen LogP contribution in [0.25, 0.3) is 0 Å². The number of hydrogen-bond acceptors (Lipinski definition) is 5. The van der Waals surface area contributed by atoms with E-state index < -0.39 is 15.8 Å². The van der Waals surface area contributed by atoms with Gasteiger partial charge in [-0.1, -0.05) is 4.73 Å². The van der Waals surface area contributed by atoms with Crippen molar-refractivity contribution in [2.75, 3.05) is 0 Å². The van der Waals surface area contributed by atoms with Crippen molar-refractivity contribution in [3.63, 3.8) is 0 Å². The van der Waals surface area contributed by atoms with Gasteiger partial charge in [0.25, 0.3) is 9.84 Å². The van der Waals surface area contributed by atoms with Gasteiger partial charge in [-0.05, 0) is 6.07 Å². The summed E-state index contributed by atoms with van der Waals surface area (Å²) in [5, 5.41) is 11.3. The third-order valence-corrected chi connectivity index (χ3v) is 2.92. The summed E-state index contributed by atoms with van der Waals surface area (Å²) < 4.78 is 23.5. The van der Waals surface area contributed by atoms with Crippen molar-refractivity contribution >= 4 is 9.84 Å². The summed E-state index contributed by atoms with van der Waals surface area (Å²) in [5.41, 5.74) is 0. The van der Waals surface area contributed by atoms with E-state index in [9.17, 15) is 13.5 Å². The monoisotopic (exact) mass is 216 g/mol. The quantitative estimate of drug-likeness (QED) is 0.475. The standard InChI is InChI=1S/C7H5NO4S.H2O/c9-7-5-13(10,11)6-3-1-2-4-8(6)12-7;/h1-5H;1H2/p-1. The van der Waals surface area contributed by atoms with Gasteiger partial charge in [-0.15, -0.1) is 0 Å². The van der Waals surface area contributed by atoms with Crippen LogP contribution in [0.2, 0.25) is 0 Å². The summed E-state index contributed by atoms with van der Waals surface area (Å²) in [6, 6.07) is 4.48. The maximum atomic E-state index is 11.3. The second-order valence-corrected chi connectivity index (χ2v) is 4.18. The minimum atomic E-state index is -3.63. The second kappa shape index (κ2) is 3.28. The first kappa shape index (κ1) is 10.5. The van der Waals surface area contributed by atoms with Gasteiger partial charge in [0.1, 0.15) is 5.95 Å². The van der Waals surface area contributed by atoms with Crippen molar-refractivity contribution in [2.45, 2.75) is 5.03 Å². The van der Waals surface area contributed by atoms with Crippen LogP contribution in [0.1, 0.15) is 0 Å². The predicted molar refractivity (Wildman–Crippen MR) is 40.4 cm³/mol. The zero-order valence-corrected chi connectivity index (χ0v) is 7.64. The molecule has 1 aliphatic rings. The van der Waals surface area contributed by atoms with Gasteiger partial charge in [-0.3, -0.25) is 0 Å². The van der Waals surface area contributed by atoms with Crippen LogP contribution in [0.3, 0.4) is 0 Å². The molecule has 2 heterocycles. The fourth-order valence-corrected chi connectivity index (χ4v) is 2.05. The highest BCUT2D eigenvalue weighted by atomic mass is 32.2. The zero-order valence-electron chi connectivity index (χ0n) is 6.82. The molecule has 1 aliphatic heterocycles. The fourth-order valence-electron chi connectivity index (χ4n) is 1.01. The van der Waals surface area contributed by atoms with Crippen LogP contribution < -0.4 is 14.7 Å². The Labute approximate surface area is 79.9 Å². The van der Waals surface area contributed by atoms with E-state index in [2.05, 4.69) is 4.84 Å². The Morgan fingerprint density at radius 2 is 2.07 bits per heavy atom. The number of hydrogen-bond donors (Lipinski definition) is 0. The third kappa shape index (κ3) is 1.54. The van der Waals surface area contributed by atoms with Crippen molar-refractivity contribution in [1.29, 1.82) is 0 Å². The molecule has 1 aromatic rings. The Hall–Kier alpha value is -1.60. The number of aromatic nitrogens is 1. The Kier molecular flexibility index (Phi) is 2.45. The largest absolute Gasteiger partial charge is 0.870 e. The van der Waals surface area contributed by atoms with E-state index in [1.54, 1.807) is 12.1 Å². The fraction of sp³-hybridized carbons (Fsp3) is 0. The Bertz CT molecular complexity index is 479. The van der Waals surface area contributed by atoms with Gasteiger partial charge in [-0.2, -0.15) is 0 Å². The molecule has 7 heteroatoms. The molecule has 0 spiro atoms. The highest BCUT2D eigenvalue weighted by Gasteiger charge is 2.27. The molecular weight excluding hydrogens is 210 g/mol. The van der Waals surface area contributed by atoms with E-state index in [0.717, 1.165) is 4.73 Å². The van der Waals surface area contributed by atoms with E-state index >= 15 is 0 Å². The molecule has 0 aromatic carbocycles. The van der Waals surface area contributed by atoms with Crippen LogP contribution in [0.4, 0.5) is 0 Å². The molecule has 0 radical (unpaired) electrons. The van der Waals surface area contributed by atoms with E-state index in [-0.39, 0.29) is 10.5 Å². The summed E-state index contributed by atoms with van der Waals surface area (Å²) in [6.07, 6.45) is 1.36. The maximum Gasteiger partial charge on any atom is 0.331 e. The summed E-state index contributed by atoms with van der Waals surface area (Å²) in [7, 11) is -3.63. The van der Waals surface area contributed by atoms with Gasteiger partial charge < -0.3 is 15.4 Å². The van der Waals surface area contributed by atoms with E-state index in [4.69, 9.17) is 0 Å². The van der Waals surface area contributed by atoms with Gasteiger partial charge in [-0.25, -0.2) is 8.42 Å². The van der Waals surface area contributed by atoms with Gasteiger partial charge in [0.2, 0.25) is 6.20 Å². The molecule has 6 nitrogen and oxygen atoms in total. The molecule has 0 aliphatic carbocycles. The number of rotatable bonds is 0. The van der Waals surface area contributed by atoms with Crippen LogP contribution in [0, 0.1) is 0 Å². The lowest BCUT2D eigenvalue weighted by Gasteiger charge is -2.14. The molecule has 0 bridgehead atoms. The van der Waals surface area contributed by atoms with Crippen LogP contribution in [0.15, 0.2) is 40.8 Å². The van der Waals surface area contributed by atoms with Gasteiger partial charge in [0, 0.05) is 12.1 Å². The number of fused-ring (bicyclic) bond motifs is 1. The van der Waals surface area contributed by atoms with Crippen LogP contribution in [-0.4, -0.2) is 13.9 Å². The first-order valence-corrected chi connectivity index (χ1v) is 4.97. The average Bonchev–Trinajstić information content (AvgIpc) is 2.02. The number of nitrogens with zero attached hydrogens (tertiary/aromatic N) is 1. The van der Waals surface area contributed by atoms with Crippen molar-refractivity contribution < 1.29 is 28.6 Å². The molecule has 0 atom stereocenters. The molecule has 0 unspecified atom stereocenters. The molecule has 0 saturated carbocycles. The molecule has 0 fully saturated rings. The third-order valence-electron chi connectivity index (χ3n) is 1.52. The smallest absolute Gasteiger partial charge is 0.331 e. The van der Waals surface area contributed by atoms with E-state index in [0.29, 0.717) is 5.41 Å². The average molecular weight is 216 g/mol. The molecular formula is C7H6NO5S-. The topological polar surface area (TPSA) is 100 Å². The first-order chi connectivity index (χ1) is 6.09. The van der Waals surface area contributed by atoms with Crippen molar-refractivity contribution in [3.05, 3.63) is 35.7 Å². The zero-order chi connectivity index (χ0) is 9.47. The molecule has 0 saturated heterocycles. The summed E-state index contributed by atoms with van der Waals surface area (Å²) >= 11 is 0. The van der Waals surface area contributed by atoms with Crippen LogP contribution >= 0.6 is 0 Å². The molecule has 1 N–H and O–H groups in total. The Balaban J connectivity index is 0.000000980. The van der Waals surface area contributed by atoms with E-state index in [1.807, 2.05) is 0 Å². The normalized spacial score (nSPS) is 17.0. The lowest BCUT2D eigenvalue weighted by Crippen LogP contribution is -2.51. The lowest BCUT2D eigenvalue weighted by atomic mass is 10.5. The SMILES string of the molecule is O=S1(=O)C=C([O-])O[n+]2ccccc21.[OH-]. The Morgan fingerprint density at radius 1 is 1.36 bits per heavy atom. The first-order valence-electron chi connectivity index (χ1n) is 3.42. The Morgan fingerprint density at radius 3 is 2.79 bits per heavy atom. The molecule has 0 amide bonds. The summed E-state index contributed by atoms with van der Waals surface area (Å²) in [6.45, 7) is 0. The maximum absolute atomic E-state index is 11.3. The predicted octanol–water partition coefficient (Wildman–Crippen LogP) is -1.83. The summed E-state index contributed by atoms with van der Waals surface area (Å²) in [5.74, 6) is -0.885. The minimum absolute atomic E-state index is 0. The summed E-state index contributed by atoms with van der Waals surface area (Å²) in [4.78, 5) is 4.61. The second-order valence-electron chi connectivity index (χ2n) is 2.44. The van der Waals surface area contributed by atoms with Gasteiger partial charge in [0.05, 0.1) is 5.41 Å². The number of pyridine rings is 1. The molecule has 2 rings (SSSR count). The highest BCUT2D eigenvalue weighted by Crippen LogP contribution is 2.10.